The van der Waals surface area contributed by atoms with Crippen LogP contribution in [-0.4, -0.2) is 40.4 Å². The first kappa shape index (κ1) is 10.9. The first-order valence-corrected chi connectivity index (χ1v) is 5.84. The lowest BCUT2D eigenvalue weighted by molar-refractivity contribution is 0.211. The number of aromatic nitrogens is 8. The molecule has 2 atom stereocenters. The zero-order chi connectivity index (χ0) is 12.5. The molecule has 96 valence electrons. The molecule has 0 bridgehead atoms. The summed E-state index contributed by atoms with van der Waals surface area (Å²) in [6.45, 7) is 0. The molecule has 0 saturated heterocycles. The molecule has 10 heteroatoms. The Balaban J connectivity index is 1.96. The second-order valence-electron chi connectivity index (χ2n) is 4.38. The maximum absolute atomic E-state index is 5.76. The lowest BCUT2D eigenvalue weighted by atomic mass is 9.90. The molecule has 0 unspecified atom stereocenters. The fraction of sp³-hybridized carbons (Fsp3) is 0.750. The van der Waals surface area contributed by atoms with Crippen molar-refractivity contribution in [2.45, 2.75) is 37.8 Å². The lowest BCUT2D eigenvalue weighted by Crippen LogP contribution is -2.29. The van der Waals surface area contributed by atoms with Crippen LogP contribution in [0.4, 0.5) is 11.9 Å². The van der Waals surface area contributed by atoms with E-state index in [0.29, 0.717) is 11.9 Å². The van der Waals surface area contributed by atoms with E-state index in [-0.39, 0.29) is 12.1 Å². The van der Waals surface area contributed by atoms with Crippen LogP contribution in [0.15, 0.2) is 0 Å². The quantitative estimate of drug-likeness (QED) is 0.704. The number of hydrogen-bond donors (Lipinski definition) is 2. The first-order chi connectivity index (χ1) is 8.77. The van der Waals surface area contributed by atoms with Gasteiger partial charge in [0.2, 0.25) is 11.9 Å². The average molecular weight is 250 g/mol. The van der Waals surface area contributed by atoms with E-state index in [0.717, 1.165) is 25.7 Å². The molecular weight excluding hydrogens is 236 g/mol. The number of tetrazole rings is 2. The van der Waals surface area contributed by atoms with Gasteiger partial charge in [0.25, 0.3) is 0 Å². The summed E-state index contributed by atoms with van der Waals surface area (Å²) in [4.78, 5) is 0. The molecule has 2 aromatic heterocycles. The largest absolute Gasteiger partial charge is 0.367 e. The third-order valence-corrected chi connectivity index (χ3v) is 3.36. The number of rotatable bonds is 2. The zero-order valence-corrected chi connectivity index (χ0v) is 9.72. The molecule has 0 amide bonds. The van der Waals surface area contributed by atoms with Crippen LogP contribution < -0.4 is 11.5 Å². The summed E-state index contributed by atoms with van der Waals surface area (Å²) in [6.07, 6.45) is 4.06. The van der Waals surface area contributed by atoms with E-state index in [9.17, 15) is 0 Å². The monoisotopic (exact) mass is 250 g/mol. The molecule has 2 heterocycles. The van der Waals surface area contributed by atoms with Gasteiger partial charge < -0.3 is 11.5 Å². The minimum atomic E-state index is 0.0412. The summed E-state index contributed by atoms with van der Waals surface area (Å²) >= 11 is 0. The van der Waals surface area contributed by atoms with Gasteiger partial charge in [0, 0.05) is 0 Å². The average Bonchev–Trinajstić information content (AvgIpc) is 2.98. The number of hydrogen-bond acceptors (Lipinski definition) is 8. The molecule has 10 nitrogen and oxygen atoms in total. The Bertz CT molecular complexity index is 481. The highest BCUT2D eigenvalue weighted by Crippen LogP contribution is 2.37. The number of nitrogen functional groups attached to an aromatic ring is 2. The molecule has 2 aromatic rings. The lowest BCUT2D eigenvalue weighted by Gasteiger charge is -2.30. The predicted octanol–water partition coefficient (Wildman–Crippen LogP) is -0.820. The van der Waals surface area contributed by atoms with Crippen LogP contribution >= 0.6 is 0 Å². The van der Waals surface area contributed by atoms with Crippen molar-refractivity contribution in [1.29, 1.82) is 0 Å². The Morgan fingerprint density at radius 2 is 1.28 bits per heavy atom. The molecule has 18 heavy (non-hydrogen) atoms. The molecule has 0 spiro atoms. The number of nitrogens with zero attached hydrogens (tertiary/aromatic N) is 8. The van der Waals surface area contributed by atoms with Crippen molar-refractivity contribution < 1.29 is 0 Å². The third kappa shape index (κ3) is 1.65. The summed E-state index contributed by atoms with van der Waals surface area (Å²) in [5.41, 5.74) is 11.5. The van der Waals surface area contributed by atoms with E-state index in [1.807, 2.05) is 0 Å². The minimum absolute atomic E-state index is 0.0412. The maximum Gasteiger partial charge on any atom is 0.240 e. The Morgan fingerprint density at radius 3 is 1.61 bits per heavy atom. The van der Waals surface area contributed by atoms with Gasteiger partial charge in [0.1, 0.15) is 0 Å². The predicted molar refractivity (Wildman–Crippen MR) is 61.0 cm³/mol. The van der Waals surface area contributed by atoms with Gasteiger partial charge in [-0.15, -0.1) is 0 Å². The SMILES string of the molecule is Nc1nnnn1[C@@H]1CCCC[C@H]1n1nnnc1N. The highest BCUT2D eigenvalue weighted by atomic mass is 15.6. The highest BCUT2D eigenvalue weighted by molar-refractivity contribution is 5.15. The Labute approximate surface area is 102 Å². The van der Waals surface area contributed by atoms with E-state index in [1.54, 1.807) is 9.36 Å². The van der Waals surface area contributed by atoms with Crippen LogP contribution in [-0.2, 0) is 0 Å². The van der Waals surface area contributed by atoms with Crippen LogP contribution in [0, 0.1) is 0 Å². The van der Waals surface area contributed by atoms with Gasteiger partial charge in [-0.2, -0.15) is 0 Å². The molecular formula is C8H14N10. The Kier molecular flexibility index (Phi) is 2.54. The van der Waals surface area contributed by atoms with E-state index in [1.165, 1.54) is 0 Å². The Morgan fingerprint density at radius 1 is 0.833 bits per heavy atom. The minimum Gasteiger partial charge on any atom is -0.367 e. The molecule has 1 aliphatic rings. The first-order valence-electron chi connectivity index (χ1n) is 5.84. The highest BCUT2D eigenvalue weighted by Gasteiger charge is 2.32. The van der Waals surface area contributed by atoms with Crippen LogP contribution in [0.5, 0.6) is 0 Å². The molecule has 0 aliphatic heterocycles. The van der Waals surface area contributed by atoms with Gasteiger partial charge in [-0.25, -0.2) is 9.36 Å². The zero-order valence-electron chi connectivity index (χ0n) is 9.72. The summed E-state index contributed by atoms with van der Waals surface area (Å²) in [7, 11) is 0. The van der Waals surface area contributed by atoms with E-state index < -0.39 is 0 Å². The van der Waals surface area contributed by atoms with Gasteiger partial charge in [0.05, 0.1) is 12.1 Å². The van der Waals surface area contributed by atoms with Gasteiger partial charge >= 0.3 is 0 Å². The van der Waals surface area contributed by atoms with Crippen molar-refractivity contribution in [2.75, 3.05) is 11.5 Å². The van der Waals surface area contributed by atoms with Crippen molar-refractivity contribution in [1.82, 2.24) is 40.4 Å². The summed E-state index contributed by atoms with van der Waals surface area (Å²) in [6, 6.07) is 0.0825. The van der Waals surface area contributed by atoms with Crippen molar-refractivity contribution in [3.8, 4) is 0 Å². The summed E-state index contributed by atoms with van der Waals surface area (Å²) < 4.78 is 3.26. The van der Waals surface area contributed by atoms with Crippen molar-refractivity contribution in [2.24, 2.45) is 0 Å². The van der Waals surface area contributed by atoms with E-state index >= 15 is 0 Å². The van der Waals surface area contributed by atoms with Gasteiger partial charge in [-0.05, 0) is 33.7 Å². The normalized spacial score (nSPS) is 24.2. The molecule has 1 saturated carbocycles. The molecule has 0 radical (unpaired) electrons. The standard InChI is InChI=1S/C8H14N10/c9-7-11-13-15-17(7)5-3-1-2-4-6(5)18-8(10)12-14-16-18/h5-6H,1-4H2,(H2,9,11,15)(H2,10,12,16)/t5-,6-/m1/s1. The third-order valence-electron chi connectivity index (χ3n) is 3.36. The van der Waals surface area contributed by atoms with Crippen molar-refractivity contribution >= 4 is 11.9 Å². The molecule has 1 fully saturated rings. The second kappa shape index (κ2) is 4.20. The molecule has 4 N–H and O–H groups in total. The van der Waals surface area contributed by atoms with Crippen LogP contribution in [0.2, 0.25) is 0 Å². The van der Waals surface area contributed by atoms with Crippen molar-refractivity contribution in [3.63, 3.8) is 0 Å². The topological polar surface area (TPSA) is 139 Å². The van der Waals surface area contributed by atoms with Crippen LogP contribution in [0.25, 0.3) is 0 Å². The van der Waals surface area contributed by atoms with Gasteiger partial charge in [-0.1, -0.05) is 23.0 Å². The maximum atomic E-state index is 5.76. The van der Waals surface area contributed by atoms with Gasteiger partial charge in [0.15, 0.2) is 0 Å². The number of nitrogens with two attached hydrogens (primary N) is 2. The van der Waals surface area contributed by atoms with Crippen molar-refractivity contribution in [3.05, 3.63) is 0 Å². The second-order valence-corrected chi connectivity index (χ2v) is 4.38. The number of anilines is 2. The fourth-order valence-electron chi connectivity index (χ4n) is 2.54. The molecule has 3 rings (SSSR count). The smallest absolute Gasteiger partial charge is 0.240 e. The molecule has 0 aromatic carbocycles. The van der Waals surface area contributed by atoms with Gasteiger partial charge in [-0.3, -0.25) is 0 Å². The summed E-state index contributed by atoms with van der Waals surface area (Å²) in [5, 5.41) is 22.5. The molecule has 1 aliphatic carbocycles. The van der Waals surface area contributed by atoms with Crippen LogP contribution in [0.1, 0.15) is 37.8 Å². The van der Waals surface area contributed by atoms with E-state index in [4.69, 9.17) is 11.5 Å². The Hall–Kier alpha value is -2.26. The summed E-state index contributed by atoms with van der Waals surface area (Å²) in [5.74, 6) is 0.608. The van der Waals surface area contributed by atoms with E-state index in [2.05, 4.69) is 31.1 Å². The fourth-order valence-corrected chi connectivity index (χ4v) is 2.54. The van der Waals surface area contributed by atoms with Crippen LogP contribution in [0.3, 0.4) is 0 Å².